The number of nitrogens with zero attached hydrogens (tertiary/aromatic N) is 3. The normalized spacial score (nSPS) is 10.9. The van der Waals surface area contributed by atoms with Crippen LogP contribution < -0.4 is 5.32 Å². The van der Waals surface area contributed by atoms with Gasteiger partial charge in [0.1, 0.15) is 18.0 Å². The molecular weight excluding hydrogens is 268 g/mol. The molecule has 0 spiro atoms. The number of H-pyrrole nitrogens is 2. The van der Waals surface area contributed by atoms with Crippen LogP contribution in [0.15, 0.2) is 30.6 Å². The van der Waals surface area contributed by atoms with E-state index in [9.17, 15) is 4.79 Å². The van der Waals surface area contributed by atoms with Crippen LogP contribution in [-0.4, -0.2) is 37.6 Å². The molecule has 7 nitrogen and oxygen atoms in total. The van der Waals surface area contributed by atoms with Gasteiger partial charge in [0, 0.05) is 25.8 Å². The molecule has 0 bridgehead atoms. The summed E-state index contributed by atoms with van der Waals surface area (Å²) in [4.78, 5) is 23.4. The highest BCUT2D eigenvalue weighted by molar-refractivity contribution is 5.77. The van der Waals surface area contributed by atoms with E-state index in [1.165, 1.54) is 6.33 Å². The Kier molecular flexibility index (Phi) is 3.90. The molecule has 2 aromatic heterocycles. The predicted octanol–water partition coefficient (Wildman–Crippen LogP) is 0.972. The van der Waals surface area contributed by atoms with Crippen LogP contribution in [0.25, 0.3) is 11.0 Å². The molecule has 0 saturated heterocycles. The second-order valence-corrected chi connectivity index (χ2v) is 4.73. The molecule has 0 atom stereocenters. The van der Waals surface area contributed by atoms with Crippen LogP contribution >= 0.6 is 0 Å². The Hall–Kier alpha value is -2.70. The average molecular weight is 284 g/mol. The molecular formula is C14H16N6O. The quantitative estimate of drug-likeness (QED) is 0.628. The first-order chi connectivity index (χ1) is 10.3. The van der Waals surface area contributed by atoms with Gasteiger partial charge in [0.25, 0.3) is 0 Å². The SMILES string of the molecule is O=C(CCc1nc2ccccc2[nH]1)NCCc1ncn[nH]1. The topological polar surface area (TPSA) is 99.3 Å². The summed E-state index contributed by atoms with van der Waals surface area (Å²) in [7, 11) is 0. The molecule has 0 aliphatic carbocycles. The number of aromatic amines is 2. The molecule has 0 fully saturated rings. The van der Waals surface area contributed by atoms with Crippen molar-refractivity contribution in [1.29, 1.82) is 0 Å². The standard InChI is InChI=1S/C14H16N6O/c21-14(15-8-7-12-16-9-17-20-12)6-5-13-18-10-3-1-2-4-11(10)19-13/h1-4,9H,5-8H2,(H,15,21)(H,18,19)(H,16,17,20). The molecule has 21 heavy (non-hydrogen) atoms. The fraction of sp³-hybridized carbons (Fsp3) is 0.286. The number of hydrogen-bond acceptors (Lipinski definition) is 4. The lowest BCUT2D eigenvalue weighted by atomic mass is 10.3. The minimum atomic E-state index is 0.00923. The number of carbonyl (C=O) groups excluding carboxylic acids is 1. The Balaban J connectivity index is 1.44. The molecule has 3 aromatic rings. The largest absolute Gasteiger partial charge is 0.356 e. The van der Waals surface area contributed by atoms with Crippen LogP contribution in [0.5, 0.6) is 0 Å². The number of nitrogens with one attached hydrogen (secondary N) is 3. The van der Waals surface area contributed by atoms with Crippen LogP contribution in [0, 0.1) is 0 Å². The molecule has 0 unspecified atom stereocenters. The van der Waals surface area contributed by atoms with E-state index in [0.717, 1.165) is 22.7 Å². The molecule has 0 radical (unpaired) electrons. The van der Waals surface area contributed by atoms with E-state index in [-0.39, 0.29) is 5.91 Å². The first-order valence-electron chi connectivity index (χ1n) is 6.86. The van der Waals surface area contributed by atoms with E-state index in [4.69, 9.17) is 0 Å². The molecule has 3 N–H and O–H groups in total. The van der Waals surface area contributed by atoms with Crippen molar-refractivity contribution in [3.8, 4) is 0 Å². The highest BCUT2D eigenvalue weighted by Gasteiger charge is 2.06. The first kappa shape index (κ1) is 13.3. The number of benzene rings is 1. The summed E-state index contributed by atoms with van der Waals surface area (Å²) < 4.78 is 0. The summed E-state index contributed by atoms with van der Waals surface area (Å²) in [5.74, 6) is 1.61. The van der Waals surface area contributed by atoms with Gasteiger partial charge in [-0.1, -0.05) is 12.1 Å². The van der Waals surface area contributed by atoms with E-state index >= 15 is 0 Å². The van der Waals surface area contributed by atoms with Gasteiger partial charge in [-0.2, -0.15) is 5.10 Å². The van der Waals surface area contributed by atoms with Crippen molar-refractivity contribution in [3.05, 3.63) is 42.2 Å². The summed E-state index contributed by atoms with van der Waals surface area (Å²) in [6.45, 7) is 0.550. The summed E-state index contributed by atoms with van der Waals surface area (Å²) >= 11 is 0. The van der Waals surface area contributed by atoms with E-state index in [1.54, 1.807) is 0 Å². The zero-order chi connectivity index (χ0) is 14.5. The highest BCUT2D eigenvalue weighted by Crippen LogP contribution is 2.11. The summed E-state index contributed by atoms with van der Waals surface area (Å²) in [6.07, 6.45) is 3.12. The van der Waals surface area contributed by atoms with Gasteiger partial charge >= 0.3 is 0 Å². The van der Waals surface area contributed by atoms with E-state index < -0.39 is 0 Å². The van der Waals surface area contributed by atoms with Gasteiger partial charge in [-0.25, -0.2) is 9.97 Å². The maximum absolute atomic E-state index is 11.8. The Morgan fingerprint density at radius 2 is 2.10 bits per heavy atom. The van der Waals surface area contributed by atoms with Crippen molar-refractivity contribution in [1.82, 2.24) is 30.5 Å². The molecule has 2 heterocycles. The number of imidazole rings is 1. The van der Waals surface area contributed by atoms with Crippen molar-refractivity contribution in [2.75, 3.05) is 6.54 Å². The predicted molar refractivity (Wildman–Crippen MR) is 77.5 cm³/mol. The Labute approximate surface area is 121 Å². The van der Waals surface area contributed by atoms with Crippen LogP contribution in [0.2, 0.25) is 0 Å². The van der Waals surface area contributed by atoms with Gasteiger partial charge in [-0.05, 0) is 12.1 Å². The summed E-state index contributed by atoms with van der Waals surface area (Å²) in [6, 6.07) is 7.83. The third-order valence-electron chi connectivity index (χ3n) is 3.18. The van der Waals surface area contributed by atoms with Crippen molar-refractivity contribution in [3.63, 3.8) is 0 Å². The van der Waals surface area contributed by atoms with Gasteiger partial charge in [0.05, 0.1) is 11.0 Å². The van der Waals surface area contributed by atoms with E-state index in [1.807, 2.05) is 24.3 Å². The fourth-order valence-corrected chi connectivity index (χ4v) is 2.12. The van der Waals surface area contributed by atoms with Crippen LogP contribution in [0.3, 0.4) is 0 Å². The number of carbonyl (C=O) groups is 1. The number of para-hydroxylation sites is 2. The van der Waals surface area contributed by atoms with E-state index in [0.29, 0.717) is 25.8 Å². The summed E-state index contributed by atoms with van der Waals surface area (Å²) in [5, 5.41) is 9.37. The molecule has 0 saturated carbocycles. The Bertz CT molecular complexity index is 685. The smallest absolute Gasteiger partial charge is 0.220 e. The summed E-state index contributed by atoms with van der Waals surface area (Å²) in [5.41, 5.74) is 1.93. The number of aryl methyl sites for hydroxylation is 1. The van der Waals surface area contributed by atoms with Crippen molar-refractivity contribution < 1.29 is 4.79 Å². The van der Waals surface area contributed by atoms with Crippen molar-refractivity contribution in [2.24, 2.45) is 0 Å². The Morgan fingerprint density at radius 3 is 2.90 bits per heavy atom. The maximum atomic E-state index is 11.8. The number of fused-ring (bicyclic) bond motifs is 1. The van der Waals surface area contributed by atoms with Gasteiger partial charge in [0.15, 0.2) is 0 Å². The van der Waals surface area contributed by atoms with Crippen LogP contribution in [0.4, 0.5) is 0 Å². The maximum Gasteiger partial charge on any atom is 0.220 e. The van der Waals surface area contributed by atoms with Crippen molar-refractivity contribution >= 4 is 16.9 Å². The molecule has 1 aromatic carbocycles. The third kappa shape index (κ3) is 3.44. The highest BCUT2D eigenvalue weighted by atomic mass is 16.1. The lowest BCUT2D eigenvalue weighted by molar-refractivity contribution is -0.121. The Morgan fingerprint density at radius 1 is 1.19 bits per heavy atom. The van der Waals surface area contributed by atoms with Gasteiger partial charge in [0.2, 0.25) is 5.91 Å². The average Bonchev–Trinajstić information content (AvgIpc) is 3.13. The van der Waals surface area contributed by atoms with Crippen molar-refractivity contribution in [2.45, 2.75) is 19.3 Å². The minimum absolute atomic E-state index is 0.00923. The molecule has 108 valence electrons. The molecule has 1 amide bonds. The van der Waals surface area contributed by atoms with Gasteiger partial charge < -0.3 is 10.3 Å². The molecule has 3 rings (SSSR count). The zero-order valence-corrected chi connectivity index (χ0v) is 11.5. The number of aromatic nitrogens is 5. The number of rotatable bonds is 6. The number of hydrogen-bond donors (Lipinski definition) is 3. The lowest BCUT2D eigenvalue weighted by Gasteiger charge is -2.02. The fourth-order valence-electron chi connectivity index (χ4n) is 2.12. The zero-order valence-electron chi connectivity index (χ0n) is 11.5. The van der Waals surface area contributed by atoms with E-state index in [2.05, 4.69) is 30.5 Å². The molecule has 0 aliphatic rings. The second kappa shape index (κ2) is 6.17. The minimum Gasteiger partial charge on any atom is -0.356 e. The van der Waals surface area contributed by atoms with Gasteiger partial charge in [-0.15, -0.1) is 0 Å². The molecule has 0 aliphatic heterocycles. The monoisotopic (exact) mass is 284 g/mol. The van der Waals surface area contributed by atoms with Gasteiger partial charge in [-0.3, -0.25) is 9.89 Å². The third-order valence-corrected chi connectivity index (χ3v) is 3.18. The van der Waals surface area contributed by atoms with Crippen LogP contribution in [-0.2, 0) is 17.6 Å². The van der Waals surface area contributed by atoms with Crippen LogP contribution in [0.1, 0.15) is 18.1 Å². The molecule has 7 heteroatoms. The number of amides is 1. The second-order valence-electron chi connectivity index (χ2n) is 4.73. The lowest BCUT2D eigenvalue weighted by Crippen LogP contribution is -2.26. The first-order valence-corrected chi connectivity index (χ1v) is 6.86.